The molecule has 1 N–H and O–H groups in total. The van der Waals surface area contributed by atoms with Crippen molar-refractivity contribution in [2.45, 2.75) is 33.1 Å². The Bertz CT molecular complexity index is 442. The molecular formula is C14H23N3O2S. The third kappa shape index (κ3) is 3.93. The lowest BCUT2D eigenvalue weighted by atomic mass is 10.2. The number of carbonyl (C=O) groups excluding carboxylic acids is 1. The average Bonchev–Trinajstić information content (AvgIpc) is 3.05. The van der Waals surface area contributed by atoms with Crippen LogP contribution in [0.4, 0.5) is 5.00 Å². The minimum atomic E-state index is -0.277. The molecule has 112 valence electrons. The summed E-state index contributed by atoms with van der Waals surface area (Å²) in [5, 5.41) is 4.16. The topological polar surface area (TPSA) is 54.5 Å². The zero-order valence-corrected chi connectivity index (χ0v) is 13.1. The van der Waals surface area contributed by atoms with Crippen LogP contribution in [0, 0.1) is 6.92 Å². The molecule has 5 nitrogen and oxygen atoms in total. The smallest absolute Gasteiger partial charge is 0.343 e. The molecule has 0 aliphatic carbocycles. The van der Waals surface area contributed by atoms with Crippen molar-refractivity contribution in [3.8, 4) is 0 Å². The summed E-state index contributed by atoms with van der Waals surface area (Å²) in [4.78, 5) is 14.4. The summed E-state index contributed by atoms with van der Waals surface area (Å²) in [5.74, 6) is -0.277. The van der Waals surface area contributed by atoms with E-state index >= 15 is 0 Å². The van der Waals surface area contributed by atoms with E-state index in [1.807, 2.05) is 13.8 Å². The second-order valence-electron chi connectivity index (χ2n) is 5.02. The van der Waals surface area contributed by atoms with Crippen LogP contribution in [0.25, 0.3) is 0 Å². The molecule has 1 aliphatic heterocycles. The van der Waals surface area contributed by atoms with Gasteiger partial charge in [-0.2, -0.15) is 4.37 Å². The number of carbonyl (C=O) groups is 1. The normalized spacial score (nSPS) is 15.5. The summed E-state index contributed by atoms with van der Waals surface area (Å²) in [5.41, 5.74) is 1.34. The van der Waals surface area contributed by atoms with Crippen molar-refractivity contribution in [3.05, 3.63) is 11.3 Å². The molecule has 1 aromatic rings. The number of likely N-dealkylation sites (tertiary alicyclic amines) is 1. The molecule has 2 rings (SSSR count). The van der Waals surface area contributed by atoms with Gasteiger partial charge in [-0.05, 0) is 64.3 Å². The van der Waals surface area contributed by atoms with Crippen molar-refractivity contribution in [1.82, 2.24) is 9.27 Å². The van der Waals surface area contributed by atoms with E-state index in [0.717, 1.165) is 30.2 Å². The predicted octanol–water partition coefficient (Wildman–Crippen LogP) is 2.53. The number of aryl methyl sites for hydroxylation is 1. The molecule has 0 bridgehead atoms. The molecule has 1 saturated heterocycles. The van der Waals surface area contributed by atoms with Gasteiger partial charge in [0.15, 0.2) is 0 Å². The fourth-order valence-electron chi connectivity index (χ4n) is 2.44. The number of nitrogens with zero attached hydrogens (tertiary/aromatic N) is 2. The number of ether oxygens (including phenoxy) is 1. The van der Waals surface area contributed by atoms with Gasteiger partial charge in [-0.15, -0.1) is 0 Å². The Labute approximate surface area is 124 Å². The summed E-state index contributed by atoms with van der Waals surface area (Å²) in [7, 11) is 0. The Hall–Kier alpha value is -1.14. The third-order valence-corrected chi connectivity index (χ3v) is 4.37. The predicted molar refractivity (Wildman–Crippen MR) is 81.6 cm³/mol. The van der Waals surface area contributed by atoms with Crippen molar-refractivity contribution in [3.63, 3.8) is 0 Å². The van der Waals surface area contributed by atoms with Gasteiger partial charge < -0.3 is 15.0 Å². The molecule has 2 heterocycles. The van der Waals surface area contributed by atoms with Gasteiger partial charge in [-0.1, -0.05) is 0 Å². The molecule has 0 aromatic carbocycles. The first-order chi connectivity index (χ1) is 9.72. The minimum absolute atomic E-state index is 0.277. The van der Waals surface area contributed by atoms with E-state index in [1.54, 1.807) is 0 Å². The maximum atomic E-state index is 11.9. The van der Waals surface area contributed by atoms with Gasteiger partial charge >= 0.3 is 5.97 Å². The second kappa shape index (κ2) is 7.59. The van der Waals surface area contributed by atoms with Crippen LogP contribution in [0.2, 0.25) is 0 Å². The lowest BCUT2D eigenvalue weighted by molar-refractivity contribution is 0.0527. The monoisotopic (exact) mass is 297 g/mol. The van der Waals surface area contributed by atoms with Gasteiger partial charge in [0.1, 0.15) is 10.6 Å². The third-order valence-electron chi connectivity index (χ3n) is 3.48. The zero-order valence-electron chi connectivity index (χ0n) is 12.3. The number of aromatic nitrogens is 1. The number of anilines is 1. The highest BCUT2D eigenvalue weighted by molar-refractivity contribution is 7.10. The molecule has 0 amide bonds. The molecule has 1 aliphatic rings. The molecule has 20 heavy (non-hydrogen) atoms. The van der Waals surface area contributed by atoms with Crippen LogP contribution >= 0.6 is 11.5 Å². The van der Waals surface area contributed by atoms with Gasteiger partial charge in [0.05, 0.1) is 12.3 Å². The summed E-state index contributed by atoms with van der Waals surface area (Å²) < 4.78 is 9.32. The molecule has 6 heteroatoms. The van der Waals surface area contributed by atoms with Gasteiger partial charge in [-0.25, -0.2) is 4.79 Å². The molecule has 1 fully saturated rings. The van der Waals surface area contributed by atoms with Crippen LogP contribution in [0.15, 0.2) is 0 Å². The number of esters is 1. The first-order valence-electron chi connectivity index (χ1n) is 7.32. The molecule has 0 radical (unpaired) electrons. The Kier molecular flexibility index (Phi) is 5.79. The van der Waals surface area contributed by atoms with Crippen LogP contribution in [0.3, 0.4) is 0 Å². The van der Waals surface area contributed by atoms with Crippen molar-refractivity contribution in [1.29, 1.82) is 0 Å². The van der Waals surface area contributed by atoms with Crippen LogP contribution in [0.5, 0.6) is 0 Å². The molecule has 0 unspecified atom stereocenters. The summed E-state index contributed by atoms with van der Waals surface area (Å²) in [6.45, 7) is 8.50. The van der Waals surface area contributed by atoms with E-state index < -0.39 is 0 Å². The highest BCUT2D eigenvalue weighted by atomic mass is 32.1. The number of nitrogens with one attached hydrogen (secondary N) is 1. The number of hydrogen-bond donors (Lipinski definition) is 1. The highest BCUT2D eigenvalue weighted by Crippen LogP contribution is 2.25. The zero-order chi connectivity index (χ0) is 14.4. The van der Waals surface area contributed by atoms with Crippen LogP contribution < -0.4 is 5.32 Å². The molecule has 0 saturated carbocycles. The Morgan fingerprint density at radius 2 is 2.20 bits per heavy atom. The van der Waals surface area contributed by atoms with E-state index in [2.05, 4.69) is 14.6 Å². The van der Waals surface area contributed by atoms with Crippen molar-refractivity contribution in [2.75, 3.05) is 38.1 Å². The van der Waals surface area contributed by atoms with Crippen LogP contribution in [0.1, 0.15) is 42.2 Å². The fourth-order valence-corrected chi connectivity index (χ4v) is 3.25. The van der Waals surface area contributed by atoms with E-state index in [0.29, 0.717) is 12.2 Å². The van der Waals surface area contributed by atoms with Crippen molar-refractivity contribution >= 4 is 22.5 Å². The van der Waals surface area contributed by atoms with E-state index in [9.17, 15) is 4.79 Å². The van der Waals surface area contributed by atoms with Crippen molar-refractivity contribution < 1.29 is 9.53 Å². The Morgan fingerprint density at radius 3 is 2.90 bits per heavy atom. The van der Waals surface area contributed by atoms with Gasteiger partial charge in [0.25, 0.3) is 0 Å². The summed E-state index contributed by atoms with van der Waals surface area (Å²) in [6, 6.07) is 0. The fraction of sp³-hybridized carbons (Fsp3) is 0.714. The molecule has 0 spiro atoms. The van der Waals surface area contributed by atoms with Crippen molar-refractivity contribution in [2.24, 2.45) is 0 Å². The van der Waals surface area contributed by atoms with E-state index in [4.69, 9.17) is 4.74 Å². The first-order valence-corrected chi connectivity index (χ1v) is 8.09. The first kappa shape index (κ1) is 15.3. The standard InChI is InChI=1S/C14H23N3O2S/c1-3-19-14(18)12-11(2)16-20-13(12)15-7-6-10-17-8-4-5-9-17/h15H,3-10H2,1-2H3. The largest absolute Gasteiger partial charge is 0.462 e. The number of rotatable bonds is 7. The lowest BCUT2D eigenvalue weighted by Gasteiger charge is -2.14. The van der Waals surface area contributed by atoms with E-state index in [-0.39, 0.29) is 5.97 Å². The van der Waals surface area contributed by atoms with Crippen LogP contribution in [-0.4, -0.2) is 48.0 Å². The number of hydrogen-bond acceptors (Lipinski definition) is 6. The minimum Gasteiger partial charge on any atom is -0.462 e. The average molecular weight is 297 g/mol. The van der Waals surface area contributed by atoms with E-state index in [1.165, 1.54) is 37.5 Å². The highest BCUT2D eigenvalue weighted by Gasteiger charge is 2.19. The maximum Gasteiger partial charge on any atom is 0.343 e. The summed E-state index contributed by atoms with van der Waals surface area (Å²) >= 11 is 1.34. The van der Waals surface area contributed by atoms with Gasteiger partial charge in [0.2, 0.25) is 0 Å². The Morgan fingerprint density at radius 1 is 1.45 bits per heavy atom. The Balaban J connectivity index is 1.81. The maximum absolute atomic E-state index is 11.9. The summed E-state index contributed by atoms with van der Waals surface area (Å²) in [6.07, 6.45) is 3.74. The van der Waals surface area contributed by atoms with Crippen LogP contribution in [-0.2, 0) is 4.74 Å². The molecular weight excluding hydrogens is 274 g/mol. The second-order valence-corrected chi connectivity index (χ2v) is 5.80. The SMILES string of the molecule is CCOC(=O)c1c(C)nsc1NCCCN1CCCC1. The van der Waals surface area contributed by atoms with Gasteiger partial charge in [0, 0.05) is 6.54 Å². The quantitative estimate of drug-likeness (QED) is 0.619. The molecule has 1 aromatic heterocycles. The lowest BCUT2D eigenvalue weighted by Crippen LogP contribution is -2.22. The van der Waals surface area contributed by atoms with Gasteiger partial charge in [-0.3, -0.25) is 0 Å². The molecule has 0 atom stereocenters.